The van der Waals surface area contributed by atoms with Crippen molar-refractivity contribution in [3.8, 4) is 0 Å². The Labute approximate surface area is 215 Å². The molecular formula is C27H36N7OSi. The van der Waals surface area contributed by atoms with Crippen LogP contribution in [-0.4, -0.2) is 70.1 Å². The van der Waals surface area contributed by atoms with Gasteiger partial charge in [0.15, 0.2) is 14.3 Å². The number of fused-ring (bicyclic) bond motifs is 1. The summed E-state index contributed by atoms with van der Waals surface area (Å²) in [5, 5.41) is 7.74. The fourth-order valence-electron chi connectivity index (χ4n) is 5.22. The third kappa shape index (κ3) is 5.22. The van der Waals surface area contributed by atoms with E-state index in [0.29, 0.717) is 36.2 Å². The molecule has 189 valence electrons. The van der Waals surface area contributed by atoms with Gasteiger partial charge in [-0.05, 0) is 63.5 Å². The Morgan fingerprint density at radius 2 is 2.03 bits per heavy atom. The molecule has 0 aliphatic carbocycles. The molecule has 5 rings (SSSR count). The summed E-state index contributed by atoms with van der Waals surface area (Å²) in [6.07, 6.45) is 6.65. The maximum Gasteiger partial charge on any atom is 0.223 e. The standard InChI is InChI=1S/C27H36N7OSi/c1-19(2)34-16-21(14-30-34)13-28-26-29-15-23-12-20(3)33(17-24(23)31-26)27(35)36-11-10-32(4)18-25(36)22-8-6-5-7-9-22/h5-9,14-16,19-20,25H,10-13,17-18H2,1-4H3,(H,28,29,31)/t20-,25-/m1/s1. The van der Waals surface area contributed by atoms with Crippen LogP contribution < -0.4 is 5.32 Å². The number of anilines is 1. The van der Waals surface area contributed by atoms with Crippen molar-refractivity contribution in [1.82, 2.24) is 29.5 Å². The highest BCUT2D eigenvalue weighted by molar-refractivity contribution is 6.90. The third-order valence-corrected chi connectivity index (χ3v) is 10.3. The molecule has 0 bridgehead atoms. The lowest BCUT2D eigenvalue weighted by molar-refractivity contribution is 0.187. The van der Waals surface area contributed by atoms with E-state index in [0.717, 1.165) is 42.4 Å². The Kier molecular flexibility index (Phi) is 7.20. The van der Waals surface area contributed by atoms with Crippen molar-refractivity contribution in [2.45, 2.75) is 64.0 Å². The van der Waals surface area contributed by atoms with E-state index >= 15 is 0 Å². The topological polar surface area (TPSA) is 79.2 Å². The molecule has 2 aliphatic rings. The maximum absolute atomic E-state index is 14.0. The summed E-state index contributed by atoms with van der Waals surface area (Å²) in [7, 11) is 0.899. The van der Waals surface area contributed by atoms with Gasteiger partial charge in [0.05, 0.1) is 18.4 Å². The summed E-state index contributed by atoms with van der Waals surface area (Å²) >= 11 is 0. The molecule has 1 fully saturated rings. The van der Waals surface area contributed by atoms with E-state index in [4.69, 9.17) is 4.98 Å². The SMILES string of the molecule is CC(C)n1cc(CNc2ncc3c(n2)CN(C(=O)[Si]2CCN(C)C[C@@H]2c2ccccc2)[C@H](C)C3)cn1. The number of nitrogens with zero attached hydrogens (tertiary/aromatic N) is 6. The summed E-state index contributed by atoms with van der Waals surface area (Å²) in [5.74, 6) is 0.600. The second kappa shape index (κ2) is 10.5. The summed E-state index contributed by atoms with van der Waals surface area (Å²) in [6, 6.07) is 12.1. The Morgan fingerprint density at radius 3 is 2.78 bits per heavy atom. The molecule has 2 aromatic heterocycles. The average Bonchev–Trinajstić information content (AvgIpc) is 3.37. The van der Waals surface area contributed by atoms with Gasteiger partial charge in [0, 0.05) is 43.1 Å². The van der Waals surface area contributed by atoms with Gasteiger partial charge in [0.25, 0.3) is 0 Å². The highest BCUT2D eigenvalue weighted by Crippen LogP contribution is 2.31. The molecule has 9 heteroatoms. The van der Waals surface area contributed by atoms with Crippen molar-refractivity contribution in [2.24, 2.45) is 0 Å². The zero-order chi connectivity index (χ0) is 25.2. The third-order valence-electron chi connectivity index (χ3n) is 7.37. The van der Waals surface area contributed by atoms with Crippen molar-refractivity contribution in [1.29, 1.82) is 0 Å². The molecule has 36 heavy (non-hydrogen) atoms. The van der Waals surface area contributed by atoms with Crippen LogP contribution in [0.25, 0.3) is 0 Å². The lowest BCUT2D eigenvalue weighted by Gasteiger charge is -2.41. The maximum atomic E-state index is 14.0. The van der Waals surface area contributed by atoms with Crippen LogP contribution in [0.15, 0.2) is 48.9 Å². The van der Waals surface area contributed by atoms with Crippen LogP contribution in [0.1, 0.15) is 54.7 Å². The normalized spacial score (nSPS) is 21.0. The van der Waals surface area contributed by atoms with Gasteiger partial charge in [-0.15, -0.1) is 0 Å². The van der Waals surface area contributed by atoms with Gasteiger partial charge in [0.2, 0.25) is 5.95 Å². The van der Waals surface area contributed by atoms with Crippen LogP contribution >= 0.6 is 0 Å². The molecule has 2 atom stereocenters. The molecule has 1 amide bonds. The fourth-order valence-corrected chi connectivity index (χ4v) is 8.49. The number of rotatable bonds is 6. The Balaban J connectivity index is 1.31. The number of carbonyl (C=O) groups is 1. The van der Waals surface area contributed by atoms with E-state index in [-0.39, 0.29) is 6.04 Å². The van der Waals surface area contributed by atoms with Crippen LogP contribution in [0.3, 0.4) is 0 Å². The first-order valence-electron chi connectivity index (χ1n) is 12.9. The number of carbonyl (C=O) groups excluding carboxylic acids is 1. The monoisotopic (exact) mass is 502 g/mol. The first kappa shape index (κ1) is 24.6. The zero-order valence-electron chi connectivity index (χ0n) is 21.7. The van der Waals surface area contributed by atoms with Crippen molar-refractivity contribution >= 4 is 20.3 Å². The molecule has 0 unspecified atom stereocenters. The largest absolute Gasteiger partial charge is 0.350 e. The molecule has 2 aliphatic heterocycles. The van der Waals surface area contributed by atoms with Gasteiger partial charge >= 0.3 is 0 Å². The molecular weight excluding hydrogens is 466 g/mol. The van der Waals surface area contributed by atoms with Gasteiger partial charge in [-0.1, -0.05) is 30.3 Å². The Hall–Kier alpha value is -3.04. The quantitative estimate of drug-likeness (QED) is 0.512. The predicted molar refractivity (Wildman–Crippen MR) is 143 cm³/mol. The van der Waals surface area contributed by atoms with E-state index in [2.05, 4.69) is 83.3 Å². The number of likely N-dealkylation sites (N-methyl/N-ethyl adjacent to an activating group) is 1. The second-order valence-electron chi connectivity index (χ2n) is 10.4. The van der Waals surface area contributed by atoms with Crippen LogP contribution in [0.4, 0.5) is 10.7 Å². The average molecular weight is 503 g/mol. The number of nitrogens with one attached hydrogen (secondary N) is 1. The molecule has 4 heterocycles. The number of hydrogen-bond donors (Lipinski definition) is 1. The second-order valence-corrected chi connectivity index (χ2v) is 13.1. The fraction of sp³-hybridized carbons (Fsp3) is 0.481. The minimum Gasteiger partial charge on any atom is -0.350 e. The van der Waals surface area contributed by atoms with E-state index in [1.807, 2.05) is 23.3 Å². The molecule has 0 spiro atoms. The molecule has 8 nitrogen and oxygen atoms in total. The van der Waals surface area contributed by atoms with E-state index in [1.165, 1.54) is 5.56 Å². The van der Waals surface area contributed by atoms with E-state index in [9.17, 15) is 4.79 Å². The van der Waals surface area contributed by atoms with Gasteiger partial charge in [0.1, 0.15) is 0 Å². The smallest absolute Gasteiger partial charge is 0.223 e. The van der Waals surface area contributed by atoms with Crippen molar-refractivity contribution < 1.29 is 4.79 Å². The lowest BCUT2D eigenvalue weighted by Crippen LogP contribution is -2.54. The summed E-state index contributed by atoms with van der Waals surface area (Å²) in [6.45, 7) is 9.50. The zero-order valence-corrected chi connectivity index (χ0v) is 22.7. The minimum atomic E-state index is -1.27. The molecule has 1 aromatic carbocycles. The molecule has 1 N–H and O–H groups in total. The van der Waals surface area contributed by atoms with Crippen LogP contribution in [0, 0.1) is 0 Å². The first-order chi connectivity index (χ1) is 17.4. The number of hydrogen-bond acceptors (Lipinski definition) is 6. The van der Waals surface area contributed by atoms with Crippen molar-refractivity contribution in [2.75, 3.05) is 25.5 Å². The highest BCUT2D eigenvalue weighted by Gasteiger charge is 2.40. The van der Waals surface area contributed by atoms with Gasteiger partial charge in [-0.25, -0.2) is 9.97 Å². The summed E-state index contributed by atoms with van der Waals surface area (Å²) in [5.41, 5.74) is 5.16. The van der Waals surface area contributed by atoms with Crippen LogP contribution in [0.2, 0.25) is 6.04 Å². The van der Waals surface area contributed by atoms with E-state index < -0.39 is 8.80 Å². The first-order valence-corrected chi connectivity index (χ1v) is 14.7. The molecule has 1 radical (unpaired) electrons. The van der Waals surface area contributed by atoms with E-state index in [1.54, 1.807) is 0 Å². The highest BCUT2D eigenvalue weighted by atomic mass is 28.3. The number of aromatic nitrogens is 4. The van der Waals surface area contributed by atoms with Crippen molar-refractivity contribution in [3.63, 3.8) is 0 Å². The number of amides is 1. The molecule has 1 saturated heterocycles. The predicted octanol–water partition coefficient (Wildman–Crippen LogP) is 4.08. The minimum absolute atomic E-state index is 0.155. The Bertz CT molecular complexity index is 1200. The summed E-state index contributed by atoms with van der Waals surface area (Å²) < 4.78 is 1.95. The lowest BCUT2D eigenvalue weighted by atomic mass is 10.0. The van der Waals surface area contributed by atoms with Crippen LogP contribution in [-0.2, 0) is 19.5 Å². The van der Waals surface area contributed by atoms with Crippen LogP contribution in [0.5, 0.6) is 0 Å². The molecule has 3 aromatic rings. The molecule has 0 saturated carbocycles. The van der Waals surface area contributed by atoms with Gasteiger partial charge in [-0.3, -0.25) is 9.48 Å². The Morgan fingerprint density at radius 1 is 1.22 bits per heavy atom. The van der Waals surface area contributed by atoms with Gasteiger partial charge in [-0.2, -0.15) is 5.10 Å². The van der Waals surface area contributed by atoms with Crippen molar-refractivity contribution in [3.05, 3.63) is 71.3 Å². The van der Waals surface area contributed by atoms with Gasteiger partial charge < -0.3 is 15.1 Å². The number of benzene rings is 1. The summed E-state index contributed by atoms with van der Waals surface area (Å²) in [4.78, 5) is 27.8.